The standard InChI is InChI=1S/C22H24O5S.O2S/c1-3-4-13-25-28(23)27-20-9-6-8-19(15-20)26-22-10-5-7-18-14-17(16-24-2)11-12-21(18)22;1-3-2/h5-12,14-15H,3-4,13,16H2,1-2H3;. The fourth-order valence-electron chi connectivity index (χ4n) is 2.74. The molecule has 0 N–H and O–H groups in total. The van der Waals surface area contributed by atoms with Crippen LogP contribution in [-0.2, 0) is 38.5 Å². The third-order valence-electron chi connectivity index (χ3n) is 4.09. The van der Waals surface area contributed by atoms with Crippen LogP contribution in [0.15, 0.2) is 60.7 Å². The maximum Gasteiger partial charge on any atom is 0.360 e. The van der Waals surface area contributed by atoms with E-state index in [9.17, 15) is 4.21 Å². The van der Waals surface area contributed by atoms with E-state index < -0.39 is 22.9 Å². The van der Waals surface area contributed by atoms with Crippen molar-refractivity contribution in [3.63, 3.8) is 0 Å². The van der Waals surface area contributed by atoms with Crippen molar-refractivity contribution in [1.29, 1.82) is 0 Å². The van der Waals surface area contributed by atoms with Crippen LogP contribution < -0.4 is 8.92 Å². The molecule has 0 heterocycles. The average Bonchev–Trinajstić information content (AvgIpc) is 2.75. The Labute approximate surface area is 187 Å². The fourth-order valence-corrected chi connectivity index (χ4v) is 3.30. The van der Waals surface area contributed by atoms with Crippen molar-refractivity contribution < 1.29 is 30.5 Å². The maximum absolute atomic E-state index is 11.8. The van der Waals surface area contributed by atoms with E-state index in [2.05, 4.69) is 6.07 Å². The van der Waals surface area contributed by atoms with Crippen LogP contribution in [0.3, 0.4) is 0 Å². The molecule has 0 spiro atoms. The summed E-state index contributed by atoms with van der Waals surface area (Å²) in [6.45, 7) is 3.01. The van der Waals surface area contributed by atoms with Crippen LogP contribution in [0.25, 0.3) is 10.8 Å². The molecule has 0 aliphatic rings. The first kappa shape index (κ1) is 24.7. The number of hydrogen-bond acceptors (Lipinski definition) is 7. The maximum atomic E-state index is 11.8. The summed E-state index contributed by atoms with van der Waals surface area (Å²) in [5, 5.41) is 2.07. The van der Waals surface area contributed by atoms with Gasteiger partial charge in [-0.05, 0) is 41.6 Å². The van der Waals surface area contributed by atoms with E-state index in [4.69, 9.17) is 26.3 Å². The van der Waals surface area contributed by atoms with Gasteiger partial charge in [0.25, 0.3) is 0 Å². The van der Waals surface area contributed by atoms with Crippen LogP contribution in [0, 0.1) is 0 Å². The van der Waals surface area contributed by atoms with Crippen LogP contribution in [0.5, 0.6) is 17.2 Å². The lowest BCUT2D eigenvalue weighted by Gasteiger charge is -2.11. The number of rotatable bonds is 10. The van der Waals surface area contributed by atoms with Crippen LogP contribution in [0.1, 0.15) is 25.3 Å². The summed E-state index contributed by atoms with van der Waals surface area (Å²) < 4.78 is 50.1. The zero-order valence-electron chi connectivity index (χ0n) is 17.3. The van der Waals surface area contributed by atoms with Crippen LogP contribution >= 0.6 is 0 Å². The summed E-state index contributed by atoms with van der Waals surface area (Å²) in [6.07, 6.45) is 1.81. The van der Waals surface area contributed by atoms with Gasteiger partial charge < -0.3 is 13.7 Å². The largest absolute Gasteiger partial charge is 0.457 e. The second-order valence-electron chi connectivity index (χ2n) is 6.35. The molecular weight excluding hydrogens is 440 g/mol. The number of methoxy groups -OCH3 is 1. The third-order valence-corrected chi connectivity index (χ3v) is 4.78. The van der Waals surface area contributed by atoms with Crippen LogP contribution in [0.2, 0.25) is 0 Å². The van der Waals surface area contributed by atoms with Gasteiger partial charge in [-0.3, -0.25) is 4.18 Å². The molecular formula is C22H24O7S2. The molecule has 31 heavy (non-hydrogen) atoms. The van der Waals surface area contributed by atoms with Crippen molar-refractivity contribution in [2.45, 2.75) is 26.4 Å². The Kier molecular flexibility index (Phi) is 10.9. The number of fused-ring (bicyclic) bond motifs is 1. The minimum Gasteiger partial charge on any atom is -0.457 e. The molecule has 0 radical (unpaired) electrons. The molecule has 0 aliphatic heterocycles. The molecule has 166 valence electrons. The van der Waals surface area contributed by atoms with E-state index in [1.165, 1.54) is 0 Å². The lowest BCUT2D eigenvalue weighted by Crippen LogP contribution is -2.06. The first-order valence-electron chi connectivity index (χ1n) is 9.55. The lowest BCUT2D eigenvalue weighted by atomic mass is 10.1. The quantitative estimate of drug-likeness (QED) is 0.395. The van der Waals surface area contributed by atoms with Gasteiger partial charge in [0.2, 0.25) is 0 Å². The molecule has 1 unspecified atom stereocenters. The summed E-state index contributed by atoms with van der Waals surface area (Å²) in [7, 11) is 1.68. The molecule has 0 saturated heterocycles. The van der Waals surface area contributed by atoms with E-state index in [-0.39, 0.29) is 0 Å². The van der Waals surface area contributed by atoms with Crippen molar-refractivity contribution in [3.05, 3.63) is 66.2 Å². The van der Waals surface area contributed by atoms with E-state index >= 15 is 0 Å². The summed E-state index contributed by atoms with van der Waals surface area (Å²) in [6, 6.07) is 19.1. The summed E-state index contributed by atoms with van der Waals surface area (Å²) in [5.74, 6) is 1.76. The van der Waals surface area contributed by atoms with Crippen molar-refractivity contribution in [3.8, 4) is 17.2 Å². The number of hydrogen-bond donors (Lipinski definition) is 0. The number of unbranched alkanes of at least 4 members (excludes halogenated alkanes) is 1. The molecule has 0 aliphatic carbocycles. The average molecular weight is 465 g/mol. The molecule has 1 atom stereocenters. The predicted molar refractivity (Wildman–Crippen MR) is 120 cm³/mol. The van der Waals surface area contributed by atoms with E-state index in [0.717, 1.165) is 34.9 Å². The fraction of sp³-hybridized carbons (Fsp3) is 0.273. The van der Waals surface area contributed by atoms with Gasteiger partial charge in [0.1, 0.15) is 17.2 Å². The second-order valence-corrected chi connectivity index (χ2v) is 7.30. The zero-order valence-corrected chi connectivity index (χ0v) is 18.9. The Bertz CT molecular complexity index is 1030. The number of benzene rings is 3. The van der Waals surface area contributed by atoms with Crippen molar-refractivity contribution in [2.75, 3.05) is 13.7 Å². The van der Waals surface area contributed by atoms with Crippen LogP contribution in [-0.4, -0.2) is 26.3 Å². The molecule has 7 nitrogen and oxygen atoms in total. The molecule has 0 bridgehead atoms. The van der Waals surface area contributed by atoms with E-state index in [0.29, 0.717) is 24.7 Å². The monoisotopic (exact) mass is 464 g/mol. The lowest BCUT2D eigenvalue weighted by molar-refractivity contribution is 0.185. The van der Waals surface area contributed by atoms with Crippen molar-refractivity contribution >= 4 is 33.7 Å². The normalized spacial score (nSPS) is 11.3. The molecule has 0 fully saturated rings. The Morgan fingerprint density at radius 2 is 1.71 bits per heavy atom. The van der Waals surface area contributed by atoms with Gasteiger partial charge in [0, 0.05) is 18.6 Å². The Morgan fingerprint density at radius 1 is 0.968 bits per heavy atom. The van der Waals surface area contributed by atoms with E-state index in [1.807, 2.05) is 43.3 Å². The Hall–Kier alpha value is -2.59. The molecule has 0 aromatic heterocycles. The highest BCUT2D eigenvalue weighted by Crippen LogP contribution is 2.32. The molecule has 0 amide bonds. The zero-order chi connectivity index (χ0) is 22.5. The van der Waals surface area contributed by atoms with Crippen molar-refractivity contribution in [1.82, 2.24) is 0 Å². The Morgan fingerprint density at radius 3 is 2.45 bits per heavy atom. The highest BCUT2D eigenvalue weighted by atomic mass is 32.2. The molecule has 3 aromatic carbocycles. The predicted octanol–water partition coefficient (Wildman–Crippen LogP) is 4.88. The highest BCUT2D eigenvalue weighted by Gasteiger charge is 2.08. The first-order chi connectivity index (χ1) is 15.1. The SMILES string of the molecule is CCCCOS(=O)Oc1cccc(Oc2cccc3cc(COC)ccc23)c1.O=S=O. The molecule has 0 saturated carbocycles. The van der Waals surface area contributed by atoms with Crippen molar-refractivity contribution in [2.24, 2.45) is 0 Å². The summed E-state index contributed by atoms with van der Waals surface area (Å²) >= 11 is -2.57. The second kappa shape index (κ2) is 13.7. The van der Waals surface area contributed by atoms with Gasteiger partial charge in [0.15, 0.2) is 0 Å². The summed E-state index contributed by atoms with van der Waals surface area (Å²) in [4.78, 5) is 0. The Balaban J connectivity index is 0.00000107. The van der Waals surface area contributed by atoms with Gasteiger partial charge in [-0.1, -0.05) is 43.7 Å². The van der Waals surface area contributed by atoms with Gasteiger partial charge in [0.05, 0.1) is 13.2 Å². The molecule has 3 rings (SSSR count). The molecule has 3 aromatic rings. The minimum atomic E-state index is -1.82. The minimum absolute atomic E-state index is 0.403. The third kappa shape index (κ3) is 8.22. The number of ether oxygens (including phenoxy) is 2. The van der Waals surface area contributed by atoms with Crippen LogP contribution in [0.4, 0.5) is 0 Å². The summed E-state index contributed by atoms with van der Waals surface area (Å²) in [5.41, 5.74) is 1.10. The van der Waals surface area contributed by atoms with E-state index in [1.54, 1.807) is 25.3 Å². The van der Waals surface area contributed by atoms with Gasteiger partial charge in [-0.25, -0.2) is 0 Å². The van der Waals surface area contributed by atoms with Gasteiger partial charge >= 0.3 is 22.9 Å². The van der Waals surface area contributed by atoms with Gasteiger partial charge in [-0.2, -0.15) is 12.6 Å². The molecule has 9 heteroatoms. The smallest absolute Gasteiger partial charge is 0.360 e. The van der Waals surface area contributed by atoms with Gasteiger partial charge in [-0.15, -0.1) is 0 Å². The first-order valence-corrected chi connectivity index (χ1v) is 11.2. The topological polar surface area (TPSA) is 88.1 Å². The highest BCUT2D eigenvalue weighted by molar-refractivity contribution is 7.75.